The van der Waals surface area contributed by atoms with Gasteiger partial charge in [0, 0.05) is 18.3 Å². The van der Waals surface area contributed by atoms with Gasteiger partial charge < -0.3 is 11.1 Å². The fourth-order valence-electron chi connectivity index (χ4n) is 1.18. The minimum atomic E-state index is 0.407. The number of nitrogens with zero attached hydrogens (tertiary/aromatic N) is 1. The van der Waals surface area contributed by atoms with Gasteiger partial charge >= 0.3 is 0 Å². The first-order chi connectivity index (χ1) is 7.15. The predicted molar refractivity (Wildman–Crippen MR) is 68.1 cm³/mol. The first kappa shape index (κ1) is 11.9. The molecule has 0 spiro atoms. The summed E-state index contributed by atoms with van der Waals surface area (Å²) in [5.74, 6) is 0.629. The van der Waals surface area contributed by atoms with E-state index in [4.69, 9.17) is 18.0 Å². The summed E-state index contributed by atoms with van der Waals surface area (Å²) in [4.78, 5) is 4.46. The third kappa shape index (κ3) is 3.47. The zero-order chi connectivity index (χ0) is 11.3. The van der Waals surface area contributed by atoms with Crippen molar-refractivity contribution in [3.63, 3.8) is 0 Å². The number of nitrogens with one attached hydrogen (secondary N) is 1. The van der Waals surface area contributed by atoms with E-state index in [2.05, 4.69) is 24.1 Å². The third-order valence-corrected chi connectivity index (χ3v) is 2.64. The Morgan fingerprint density at radius 3 is 3.00 bits per heavy atom. The molecule has 0 amide bonds. The van der Waals surface area contributed by atoms with Crippen LogP contribution in [0.25, 0.3) is 0 Å². The number of hydrogen-bond acceptors (Lipinski definition) is 3. The van der Waals surface area contributed by atoms with Gasteiger partial charge in [0.2, 0.25) is 0 Å². The van der Waals surface area contributed by atoms with Crippen molar-refractivity contribution in [3.05, 3.63) is 24.0 Å². The highest BCUT2D eigenvalue weighted by Gasteiger charge is 2.05. The Bertz CT molecular complexity index is 338. The van der Waals surface area contributed by atoms with Crippen molar-refractivity contribution in [3.8, 4) is 0 Å². The maximum Gasteiger partial charge on any atom is 0.106 e. The number of aromatic nitrogens is 1. The van der Waals surface area contributed by atoms with E-state index >= 15 is 0 Å². The van der Waals surface area contributed by atoms with Crippen molar-refractivity contribution in [2.75, 3.05) is 11.9 Å². The van der Waals surface area contributed by atoms with Crippen LogP contribution in [0, 0.1) is 5.92 Å². The first-order valence-electron chi connectivity index (χ1n) is 5.12. The van der Waals surface area contributed by atoms with Crippen molar-refractivity contribution in [1.82, 2.24) is 4.98 Å². The molecule has 4 heteroatoms. The monoisotopic (exact) mass is 223 g/mol. The molecular formula is C11H17N3S. The molecule has 0 bridgehead atoms. The Morgan fingerprint density at radius 1 is 1.67 bits per heavy atom. The molecule has 1 rings (SSSR count). The minimum Gasteiger partial charge on any atom is -0.389 e. The van der Waals surface area contributed by atoms with Crippen LogP contribution in [0.1, 0.15) is 25.8 Å². The van der Waals surface area contributed by atoms with E-state index in [9.17, 15) is 0 Å². The van der Waals surface area contributed by atoms with Crippen molar-refractivity contribution < 1.29 is 0 Å². The van der Waals surface area contributed by atoms with E-state index in [-0.39, 0.29) is 0 Å². The van der Waals surface area contributed by atoms with E-state index in [0.29, 0.717) is 10.9 Å². The van der Waals surface area contributed by atoms with Gasteiger partial charge in [-0.3, -0.25) is 4.98 Å². The number of rotatable bonds is 5. The van der Waals surface area contributed by atoms with Gasteiger partial charge in [-0.25, -0.2) is 0 Å². The summed E-state index contributed by atoms with van der Waals surface area (Å²) in [7, 11) is 0. The lowest BCUT2D eigenvalue weighted by molar-refractivity contribution is 0.593. The molecule has 0 saturated heterocycles. The Kier molecular flexibility index (Phi) is 4.49. The lowest BCUT2D eigenvalue weighted by Crippen LogP contribution is -2.16. The average molecular weight is 223 g/mol. The van der Waals surface area contributed by atoms with Gasteiger partial charge in [0.25, 0.3) is 0 Å². The Morgan fingerprint density at radius 2 is 2.40 bits per heavy atom. The molecule has 0 aromatic carbocycles. The first-order valence-corrected chi connectivity index (χ1v) is 5.53. The third-order valence-electron chi connectivity index (χ3n) is 2.42. The standard InChI is InChI=1S/C11H17N3S/c1-3-8(2)6-14-10-7-13-5-4-9(10)11(12)15/h4-5,7-8,14H,3,6H2,1-2H3,(H2,12,15). The largest absolute Gasteiger partial charge is 0.389 e. The topological polar surface area (TPSA) is 50.9 Å². The maximum atomic E-state index is 5.62. The van der Waals surface area contributed by atoms with Crippen LogP contribution in [-0.4, -0.2) is 16.5 Å². The smallest absolute Gasteiger partial charge is 0.106 e. The van der Waals surface area contributed by atoms with Crippen LogP contribution in [0.2, 0.25) is 0 Å². The summed E-state index contributed by atoms with van der Waals surface area (Å²) in [5, 5.41) is 3.32. The van der Waals surface area contributed by atoms with Crippen molar-refractivity contribution in [1.29, 1.82) is 0 Å². The summed E-state index contributed by atoms with van der Waals surface area (Å²) in [6.45, 7) is 5.28. The van der Waals surface area contributed by atoms with Gasteiger partial charge in [-0.1, -0.05) is 32.5 Å². The molecule has 1 aromatic rings. The minimum absolute atomic E-state index is 0.407. The second-order valence-electron chi connectivity index (χ2n) is 3.68. The van der Waals surface area contributed by atoms with Crippen molar-refractivity contribution in [2.45, 2.75) is 20.3 Å². The molecule has 1 unspecified atom stereocenters. The molecule has 1 aromatic heterocycles. The summed E-state index contributed by atoms with van der Waals surface area (Å²) in [6, 6.07) is 1.83. The Hall–Kier alpha value is -1.16. The van der Waals surface area contributed by atoms with E-state index in [0.717, 1.165) is 24.2 Å². The molecule has 1 atom stereocenters. The van der Waals surface area contributed by atoms with E-state index in [1.165, 1.54) is 0 Å². The second-order valence-corrected chi connectivity index (χ2v) is 4.12. The average Bonchev–Trinajstić information content (AvgIpc) is 2.26. The molecule has 0 aliphatic rings. The van der Waals surface area contributed by atoms with Gasteiger partial charge in [0.15, 0.2) is 0 Å². The van der Waals surface area contributed by atoms with Crippen molar-refractivity contribution >= 4 is 22.9 Å². The van der Waals surface area contributed by atoms with Crippen LogP contribution < -0.4 is 11.1 Å². The molecule has 3 nitrogen and oxygen atoms in total. The van der Waals surface area contributed by atoms with Crippen LogP contribution in [0.3, 0.4) is 0 Å². The zero-order valence-electron chi connectivity index (χ0n) is 9.16. The highest BCUT2D eigenvalue weighted by atomic mass is 32.1. The Balaban J connectivity index is 2.72. The number of hydrogen-bond donors (Lipinski definition) is 2. The van der Waals surface area contributed by atoms with Gasteiger partial charge in [-0.15, -0.1) is 0 Å². The quantitative estimate of drug-likeness (QED) is 0.751. The van der Waals surface area contributed by atoms with Crippen LogP contribution in [0.4, 0.5) is 5.69 Å². The number of thiocarbonyl (C=S) groups is 1. The summed E-state index contributed by atoms with van der Waals surface area (Å²) in [5.41, 5.74) is 7.40. The maximum absolute atomic E-state index is 5.62. The molecule has 82 valence electrons. The summed E-state index contributed by atoms with van der Waals surface area (Å²) >= 11 is 4.97. The highest BCUT2D eigenvalue weighted by Crippen LogP contribution is 2.14. The molecule has 0 fully saturated rings. The molecule has 0 aliphatic heterocycles. The molecule has 0 saturated carbocycles. The molecule has 0 radical (unpaired) electrons. The highest BCUT2D eigenvalue weighted by molar-refractivity contribution is 7.80. The molecule has 1 heterocycles. The van der Waals surface area contributed by atoms with Crippen LogP contribution in [0.5, 0.6) is 0 Å². The zero-order valence-corrected chi connectivity index (χ0v) is 9.97. The molecular weight excluding hydrogens is 206 g/mol. The molecule has 0 aliphatic carbocycles. The van der Waals surface area contributed by atoms with Gasteiger partial charge in [0.1, 0.15) is 4.99 Å². The van der Waals surface area contributed by atoms with E-state index in [1.807, 2.05) is 6.07 Å². The Labute approximate surface area is 96.1 Å². The normalized spacial score (nSPS) is 12.1. The molecule has 3 N–H and O–H groups in total. The lowest BCUT2D eigenvalue weighted by Gasteiger charge is -2.13. The van der Waals surface area contributed by atoms with Crippen LogP contribution >= 0.6 is 12.2 Å². The SMILES string of the molecule is CCC(C)CNc1cnccc1C(N)=S. The van der Waals surface area contributed by atoms with E-state index < -0.39 is 0 Å². The van der Waals surface area contributed by atoms with Gasteiger partial charge in [0.05, 0.1) is 11.9 Å². The summed E-state index contributed by atoms with van der Waals surface area (Å²) in [6.07, 6.45) is 4.61. The summed E-state index contributed by atoms with van der Waals surface area (Å²) < 4.78 is 0. The van der Waals surface area contributed by atoms with Gasteiger partial charge in [-0.05, 0) is 12.0 Å². The van der Waals surface area contributed by atoms with Crippen molar-refractivity contribution in [2.24, 2.45) is 11.7 Å². The van der Waals surface area contributed by atoms with Gasteiger partial charge in [-0.2, -0.15) is 0 Å². The van der Waals surface area contributed by atoms with Crippen LogP contribution in [0.15, 0.2) is 18.5 Å². The number of pyridine rings is 1. The second kappa shape index (κ2) is 5.66. The number of nitrogens with two attached hydrogens (primary N) is 1. The van der Waals surface area contributed by atoms with E-state index in [1.54, 1.807) is 12.4 Å². The predicted octanol–water partition coefficient (Wildman–Crippen LogP) is 2.17. The lowest BCUT2D eigenvalue weighted by atomic mass is 10.1. The molecule has 15 heavy (non-hydrogen) atoms. The fraction of sp³-hybridized carbons (Fsp3) is 0.455. The fourth-order valence-corrected chi connectivity index (χ4v) is 1.36. The number of anilines is 1. The van der Waals surface area contributed by atoms with Crippen LogP contribution in [-0.2, 0) is 0 Å².